The Kier molecular flexibility index (Phi) is 14.1. The molecule has 0 bridgehead atoms. The van der Waals surface area contributed by atoms with E-state index in [9.17, 15) is 14.4 Å². The minimum absolute atomic E-state index is 0.196. The molecule has 0 saturated carbocycles. The summed E-state index contributed by atoms with van der Waals surface area (Å²) in [6.45, 7) is 4.76. The smallest absolute Gasteiger partial charge is 0.328 e. The van der Waals surface area contributed by atoms with Crippen LogP contribution in [0.4, 0.5) is 0 Å². The SMILES string of the molecule is C#CCCCC[C@@H]1C(=O)O[C@H]1C[C@H](CCc1cn(CCCCCc2ccccc2)nn1)OC(=O)[C@H](CC(C)C)NC=O. The highest BCUT2D eigenvalue weighted by atomic mass is 16.6. The van der Waals surface area contributed by atoms with E-state index < -0.39 is 18.1 Å². The van der Waals surface area contributed by atoms with Gasteiger partial charge in [-0.3, -0.25) is 14.3 Å². The average molecular weight is 579 g/mol. The van der Waals surface area contributed by atoms with Gasteiger partial charge in [-0.15, -0.1) is 17.4 Å². The Balaban J connectivity index is 1.53. The third-order valence-corrected chi connectivity index (χ3v) is 7.65. The Hall–Kier alpha value is -3.67. The van der Waals surface area contributed by atoms with Gasteiger partial charge in [0.15, 0.2) is 0 Å². The molecule has 0 radical (unpaired) electrons. The van der Waals surface area contributed by atoms with E-state index in [4.69, 9.17) is 15.9 Å². The fourth-order valence-electron chi connectivity index (χ4n) is 5.32. The summed E-state index contributed by atoms with van der Waals surface area (Å²) in [4.78, 5) is 36.3. The molecule has 42 heavy (non-hydrogen) atoms. The van der Waals surface area contributed by atoms with Gasteiger partial charge in [-0.1, -0.05) is 62.2 Å². The van der Waals surface area contributed by atoms with Crippen LogP contribution in [0.1, 0.15) is 89.3 Å². The Morgan fingerprint density at radius 1 is 1.17 bits per heavy atom. The van der Waals surface area contributed by atoms with Crippen LogP contribution in [0.3, 0.4) is 0 Å². The van der Waals surface area contributed by atoms with Gasteiger partial charge in [0.1, 0.15) is 18.2 Å². The number of benzene rings is 1. The molecule has 1 aromatic heterocycles. The van der Waals surface area contributed by atoms with Crippen molar-refractivity contribution in [2.75, 3.05) is 0 Å². The second-order valence-corrected chi connectivity index (χ2v) is 11.6. The van der Waals surface area contributed by atoms with E-state index in [-0.39, 0.29) is 23.9 Å². The number of aryl methyl sites for hydroxylation is 3. The van der Waals surface area contributed by atoms with Crippen LogP contribution in [0.2, 0.25) is 0 Å². The van der Waals surface area contributed by atoms with Crippen LogP contribution in [-0.4, -0.2) is 51.6 Å². The van der Waals surface area contributed by atoms with E-state index in [1.807, 2.05) is 30.8 Å². The molecule has 1 amide bonds. The zero-order valence-corrected chi connectivity index (χ0v) is 25.1. The maximum Gasteiger partial charge on any atom is 0.328 e. The van der Waals surface area contributed by atoms with Crippen LogP contribution in [0, 0.1) is 24.2 Å². The topological polar surface area (TPSA) is 112 Å². The number of terminal acetylenes is 1. The summed E-state index contributed by atoms with van der Waals surface area (Å²) in [7, 11) is 0. The molecule has 1 aliphatic rings. The first-order chi connectivity index (χ1) is 20.4. The monoisotopic (exact) mass is 578 g/mol. The molecule has 1 aromatic carbocycles. The predicted octanol–water partition coefficient (Wildman–Crippen LogP) is 4.82. The first-order valence-corrected chi connectivity index (χ1v) is 15.4. The molecule has 0 aliphatic carbocycles. The average Bonchev–Trinajstić information content (AvgIpc) is 3.43. The third-order valence-electron chi connectivity index (χ3n) is 7.65. The fraction of sp³-hybridized carbons (Fsp3) is 0.606. The lowest BCUT2D eigenvalue weighted by molar-refractivity contribution is -0.190. The Labute approximate surface area is 250 Å². The first-order valence-electron chi connectivity index (χ1n) is 15.4. The van der Waals surface area contributed by atoms with Gasteiger partial charge in [0.25, 0.3) is 0 Å². The van der Waals surface area contributed by atoms with E-state index in [1.165, 1.54) is 5.56 Å². The number of cyclic esters (lactones) is 1. The lowest BCUT2D eigenvalue weighted by Crippen LogP contribution is -2.48. The highest BCUT2D eigenvalue weighted by Crippen LogP contribution is 2.32. The highest BCUT2D eigenvalue weighted by molar-refractivity contribution is 5.79. The van der Waals surface area contributed by atoms with Crippen molar-refractivity contribution in [3.8, 4) is 12.3 Å². The van der Waals surface area contributed by atoms with E-state index in [0.29, 0.717) is 44.9 Å². The van der Waals surface area contributed by atoms with Crippen molar-refractivity contribution in [2.45, 2.75) is 116 Å². The minimum atomic E-state index is -0.726. The number of amides is 1. The maximum atomic E-state index is 13.0. The minimum Gasteiger partial charge on any atom is -0.461 e. The van der Waals surface area contributed by atoms with Crippen molar-refractivity contribution in [1.82, 2.24) is 20.3 Å². The van der Waals surface area contributed by atoms with Crippen molar-refractivity contribution in [3.05, 3.63) is 47.8 Å². The molecule has 2 aromatic rings. The second-order valence-electron chi connectivity index (χ2n) is 11.6. The maximum absolute atomic E-state index is 13.0. The van der Waals surface area contributed by atoms with Gasteiger partial charge < -0.3 is 14.8 Å². The van der Waals surface area contributed by atoms with Gasteiger partial charge in [-0.2, -0.15) is 0 Å². The first kappa shape index (κ1) is 32.8. The molecular formula is C33H46N4O5. The van der Waals surface area contributed by atoms with Crippen LogP contribution in [0.15, 0.2) is 36.5 Å². The van der Waals surface area contributed by atoms with E-state index in [0.717, 1.165) is 50.8 Å². The molecule has 9 heteroatoms. The zero-order chi connectivity index (χ0) is 30.2. The Bertz CT molecular complexity index is 1140. The van der Waals surface area contributed by atoms with Gasteiger partial charge >= 0.3 is 11.9 Å². The predicted molar refractivity (Wildman–Crippen MR) is 160 cm³/mol. The molecule has 1 fully saturated rings. The summed E-state index contributed by atoms with van der Waals surface area (Å²) in [5, 5.41) is 11.2. The number of unbranched alkanes of at least 4 members (excludes halogenated alkanes) is 4. The number of ether oxygens (including phenoxy) is 2. The van der Waals surface area contributed by atoms with E-state index >= 15 is 0 Å². The molecule has 1 saturated heterocycles. The lowest BCUT2D eigenvalue weighted by Gasteiger charge is -2.37. The molecule has 0 unspecified atom stereocenters. The number of aromatic nitrogens is 3. The van der Waals surface area contributed by atoms with Crippen molar-refractivity contribution < 1.29 is 23.9 Å². The Morgan fingerprint density at radius 2 is 1.98 bits per heavy atom. The summed E-state index contributed by atoms with van der Waals surface area (Å²) in [6, 6.07) is 9.78. The quantitative estimate of drug-likeness (QED) is 0.0978. The Morgan fingerprint density at radius 3 is 2.69 bits per heavy atom. The van der Waals surface area contributed by atoms with Crippen LogP contribution in [0.25, 0.3) is 0 Å². The molecular weight excluding hydrogens is 532 g/mol. The number of hydrogen-bond donors (Lipinski definition) is 1. The molecule has 0 spiro atoms. The van der Waals surface area contributed by atoms with Crippen molar-refractivity contribution >= 4 is 18.3 Å². The second kappa shape index (κ2) is 18.0. The van der Waals surface area contributed by atoms with Gasteiger partial charge in [0, 0.05) is 25.6 Å². The molecule has 228 valence electrons. The van der Waals surface area contributed by atoms with Crippen LogP contribution in [0.5, 0.6) is 0 Å². The molecule has 2 heterocycles. The van der Waals surface area contributed by atoms with Gasteiger partial charge in [-0.25, -0.2) is 4.79 Å². The summed E-state index contributed by atoms with van der Waals surface area (Å²) in [5.74, 6) is 1.92. The number of nitrogens with one attached hydrogen (secondary N) is 1. The molecule has 1 aliphatic heterocycles. The molecule has 1 N–H and O–H groups in total. The zero-order valence-electron chi connectivity index (χ0n) is 25.1. The summed E-state index contributed by atoms with van der Waals surface area (Å²) >= 11 is 0. The summed E-state index contributed by atoms with van der Waals surface area (Å²) in [5.41, 5.74) is 2.18. The van der Waals surface area contributed by atoms with Crippen LogP contribution >= 0.6 is 0 Å². The number of nitrogens with zero attached hydrogens (tertiary/aromatic N) is 3. The van der Waals surface area contributed by atoms with Gasteiger partial charge in [-0.05, 0) is 62.8 Å². The molecule has 4 atom stereocenters. The van der Waals surface area contributed by atoms with Gasteiger partial charge in [0.05, 0.1) is 11.6 Å². The summed E-state index contributed by atoms with van der Waals surface area (Å²) in [6.07, 6.45) is 16.4. The fourth-order valence-corrected chi connectivity index (χ4v) is 5.32. The molecule has 3 rings (SSSR count). The van der Waals surface area contributed by atoms with Gasteiger partial charge in [0.2, 0.25) is 6.41 Å². The van der Waals surface area contributed by atoms with Crippen molar-refractivity contribution in [3.63, 3.8) is 0 Å². The standard InChI is InChI=1S/C33H46N4O5/c1-4-5-6-12-17-29-31(42-32(29)39)22-28(41-33(40)30(34-24-38)21-25(2)3)19-18-27-23-37(36-35-27)20-13-8-11-16-26-14-9-7-10-15-26/h1,7,9-10,14-15,23-25,28-31H,5-6,8,11-13,16-22H2,2-3H3,(H,34,38)/t28-,29-,30-,31-/m0/s1. The number of carbonyl (C=O) groups excluding carboxylic acids is 3. The normalized spacial score (nSPS) is 17.5. The van der Waals surface area contributed by atoms with E-state index in [2.05, 4.69) is 45.8 Å². The van der Waals surface area contributed by atoms with Crippen LogP contribution < -0.4 is 5.32 Å². The number of rotatable bonds is 21. The lowest BCUT2D eigenvalue weighted by atomic mass is 9.86. The van der Waals surface area contributed by atoms with Crippen molar-refractivity contribution in [1.29, 1.82) is 0 Å². The van der Waals surface area contributed by atoms with Crippen LogP contribution in [-0.2, 0) is 43.2 Å². The largest absolute Gasteiger partial charge is 0.461 e. The highest BCUT2D eigenvalue weighted by Gasteiger charge is 2.43. The summed E-state index contributed by atoms with van der Waals surface area (Å²) < 4.78 is 13.3. The molecule has 9 nitrogen and oxygen atoms in total. The van der Waals surface area contributed by atoms with Crippen molar-refractivity contribution in [2.24, 2.45) is 11.8 Å². The third kappa shape index (κ3) is 11.3. The number of carbonyl (C=O) groups is 3. The number of esters is 2. The number of hydrogen-bond acceptors (Lipinski definition) is 7. The van der Waals surface area contributed by atoms with E-state index in [1.54, 1.807) is 0 Å².